The largest absolute Gasteiger partial charge is 0.368 e. The zero-order valence-electron chi connectivity index (χ0n) is 10.7. The Morgan fingerprint density at radius 3 is 3.05 bits per heavy atom. The molecule has 1 aliphatic rings. The van der Waals surface area contributed by atoms with E-state index in [1.165, 1.54) is 11.1 Å². The van der Waals surface area contributed by atoms with Gasteiger partial charge in [-0.2, -0.15) is 4.98 Å². The van der Waals surface area contributed by atoms with Gasteiger partial charge in [-0.25, -0.2) is 4.98 Å². The lowest BCUT2D eigenvalue weighted by Crippen LogP contribution is -2.26. The molecule has 1 aliphatic heterocycles. The van der Waals surface area contributed by atoms with E-state index >= 15 is 0 Å². The fourth-order valence-corrected chi connectivity index (χ4v) is 2.70. The molecule has 0 bridgehead atoms. The van der Waals surface area contributed by atoms with E-state index < -0.39 is 0 Å². The van der Waals surface area contributed by atoms with Gasteiger partial charge in [-0.15, -0.1) is 0 Å². The van der Waals surface area contributed by atoms with E-state index in [1.807, 2.05) is 0 Å². The fraction of sp³-hybridized carbons (Fsp3) is 0.286. The summed E-state index contributed by atoms with van der Waals surface area (Å²) in [5.74, 6) is 0.942. The van der Waals surface area contributed by atoms with Gasteiger partial charge < -0.3 is 10.6 Å². The quantitative estimate of drug-likeness (QED) is 0.868. The number of fused-ring (bicyclic) bond motifs is 1. The lowest BCUT2D eigenvalue weighted by Gasteiger charge is -2.31. The van der Waals surface area contributed by atoms with E-state index in [-0.39, 0.29) is 5.95 Å². The smallest absolute Gasteiger partial charge is 0.222 e. The summed E-state index contributed by atoms with van der Waals surface area (Å²) in [6.45, 7) is 3.00. The van der Waals surface area contributed by atoms with Gasteiger partial charge in [0.2, 0.25) is 5.95 Å². The van der Waals surface area contributed by atoms with Crippen molar-refractivity contribution in [1.29, 1.82) is 0 Å². The van der Waals surface area contributed by atoms with Crippen LogP contribution in [0.25, 0.3) is 0 Å². The Labute approximate surface area is 117 Å². The first-order valence-corrected chi connectivity index (χ1v) is 6.68. The first-order chi connectivity index (χ1) is 9.15. The number of aromatic nitrogens is 2. The molecule has 19 heavy (non-hydrogen) atoms. The molecule has 2 N–H and O–H groups in total. The summed E-state index contributed by atoms with van der Waals surface area (Å²) in [5.41, 5.74) is 9.44. The standard InChI is InChI=1S/C14H15ClN4/c1-9-4-5-12-10(7-9)3-2-6-19(12)13-11(15)8-17-14(16)18-13/h4-5,7-8H,2-3,6H2,1H3,(H2,16,17,18). The van der Waals surface area contributed by atoms with Crippen LogP contribution in [-0.2, 0) is 6.42 Å². The van der Waals surface area contributed by atoms with Crippen LogP contribution >= 0.6 is 11.6 Å². The number of nitrogen functional groups attached to an aromatic ring is 1. The number of nitrogens with zero attached hydrogens (tertiary/aromatic N) is 3. The Kier molecular flexibility index (Phi) is 3.03. The van der Waals surface area contributed by atoms with Crippen LogP contribution in [-0.4, -0.2) is 16.5 Å². The van der Waals surface area contributed by atoms with Crippen molar-refractivity contribution >= 4 is 29.1 Å². The lowest BCUT2D eigenvalue weighted by atomic mass is 9.99. The molecule has 5 heteroatoms. The summed E-state index contributed by atoms with van der Waals surface area (Å²) < 4.78 is 0. The van der Waals surface area contributed by atoms with Gasteiger partial charge in [-0.1, -0.05) is 29.3 Å². The van der Waals surface area contributed by atoms with Crippen molar-refractivity contribution in [2.24, 2.45) is 0 Å². The molecule has 0 unspecified atom stereocenters. The molecule has 0 atom stereocenters. The molecule has 0 amide bonds. The predicted octanol–water partition coefficient (Wildman–Crippen LogP) is 3.10. The molecule has 2 aromatic rings. The Morgan fingerprint density at radius 1 is 1.37 bits per heavy atom. The highest BCUT2D eigenvalue weighted by atomic mass is 35.5. The molecule has 0 saturated heterocycles. The number of halogens is 1. The molecule has 98 valence electrons. The van der Waals surface area contributed by atoms with Crippen LogP contribution in [0.15, 0.2) is 24.4 Å². The van der Waals surface area contributed by atoms with E-state index in [0.717, 1.165) is 25.1 Å². The molecule has 0 fully saturated rings. The van der Waals surface area contributed by atoms with Crippen molar-refractivity contribution in [3.05, 3.63) is 40.5 Å². The van der Waals surface area contributed by atoms with E-state index in [9.17, 15) is 0 Å². The minimum atomic E-state index is 0.249. The van der Waals surface area contributed by atoms with E-state index in [2.05, 4.69) is 40.0 Å². The number of anilines is 3. The summed E-state index contributed by atoms with van der Waals surface area (Å²) >= 11 is 6.21. The molecule has 0 radical (unpaired) electrons. The van der Waals surface area contributed by atoms with E-state index in [1.54, 1.807) is 6.20 Å². The van der Waals surface area contributed by atoms with Crippen molar-refractivity contribution in [3.63, 3.8) is 0 Å². The zero-order chi connectivity index (χ0) is 13.4. The number of hydrogen-bond donors (Lipinski definition) is 1. The van der Waals surface area contributed by atoms with Crippen LogP contribution in [0.3, 0.4) is 0 Å². The number of aryl methyl sites for hydroxylation is 2. The molecule has 0 saturated carbocycles. The lowest BCUT2D eigenvalue weighted by molar-refractivity contribution is 0.758. The number of rotatable bonds is 1. The van der Waals surface area contributed by atoms with Crippen LogP contribution < -0.4 is 10.6 Å². The highest BCUT2D eigenvalue weighted by molar-refractivity contribution is 6.33. The van der Waals surface area contributed by atoms with Crippen LogP contribution in [0, 0.1) is 6.92 Å². The van der Waals surface area contributed by atoms with Gasteiger partial charge in [0.05, 0.1) is 6.20 Å². The minimum absolute atomic E-state index is 0.249. The Hall–Kier alpha value is -1.81. The summed E-state index contributed by atoms with van der Waals surface area (Å²) in [5, 5.41) is 0.530. The van der Waals surface area contributed by atoms with Gasteiger partial charge >= 0.3 is 0 Å². The van der Waals surface area contributed by atoms with Crippen LogP contribution in [0.1, 0.15) is 17.5 Å². The molecular formula is C14H15ClN4. The molecule has 3 rings (SSSR count). The second kappa shape index (κ2) is 4.70. The maximum atomic E-state index is 6.21. The maximum Gasteiger partial charge on any atom is 0.222 e. The van der Waals surface area contributed by atoms with Gasteiger partial charge in [-0.3, -0.25) is 0 Å². The van der Waals surface area contributed by atoms with Crippen LogP contribution in [0.5, 0.6) is 0 Å². The van der Waals surface area contributed by atoms with Crippen molar-refractivity contribution in [2.45, 2.75) is 19.8 Å². The van der Waals surface area contributed by atoms with Gasteiger partial charge in [-0.05, 0) is 31.4 Å². The molecule has 4 nitrogen and oxygen atoms in total. The van der Waals surface area contributed by atoms with Crippen LogP contribution in [0.2, 0.25) is 5.02 Å². The Balaban J connectivity index is 2.11. The third-order valence-corrected chi connectivity index (χ3v) is 3.62. The van der Waals surface area contributed by atoms with Crippen molar-refractivity contribution in [2.75, 3.05) is 17.2 Å². The van der Waals surface area contributed by atoms with Crippen LogP contribution in [0.4, 0.5) is 17.5 Å². The van der Waals surface area contributed by atoms with Crippen molar-refractivity contribution < 1.29 is 0 Å². The molecule has 0 spiro atoms. The molecule has 1 aromatic carbocycles. The monoisotopic (exact) mass is 274 g/mol. The first-order valence-electron chi connectivity index (χ1n) is 6.30. The minimum Gasteiger partial charge on any atom is -0.368 e. The van der Waals surface area contributed by atoms with Gasteiger partial charge in [0.15, 0.2) is 5.82 Å². The normalized spacial score (nSPS) is 14.3. The third kappa shape index (κ3) is 2.24. The fourth-order valence-electron chi connectivity index (χ4n) is 2.51. The zero-order valence-corrected chi connectivity index (χ0v) is 11.5. The predicted molar refractivity (Wildman–Crippen MR) is 78.0 cm³/mol. The highest BCUT2D eigenvalue weighted by Gasteiger charge is 2.21. The maximum absolute atomic E-state index is 6.21. The summed E-state index contributed by atoms with van der Waals surface area (Å²) in [6, 6.07) is 6.45. The summed E-state index contributed by atoms with van der Waals surface area (Å²) in [6.07, 6.45) is 3.73. The highest BCUT2D eigenvalue weighted by Crippen LogP contribution is 2.36. The first kappa shape index (κ1) is 12.2. The Bertz CT molecular complexity index is 627. The molecule has 1 aromatic heterocycles. The second-order valence-corrected chi connectivity index (χ2v) is 5.19. The molecule has 2 heterocycles. The van der Waals surface area contributed by atoms with E-state index in [0.29, 0.717) is 10.8 Å². The molecule has 0 aliphatic carbocycles. The topological polar surface area (TPSA) is 55.0 Å². The van der Waals surface area contributed by atoms with Crippen molar-refractivity contribution in [1.82, 2.24) is 9.97 Å². The SMILES string of the molecule is Cc1ccc2c(c1)CCCN2c1nc(N)ncc1Cl. The van der Waals surface area contributed by atoms with Gasteiger partial charge in [0.25, 0.3) is 0 Å². The van der Waals surface area contributed by atoms with E-state index in [4.69, 9.17) is 17.3 Å². The Morgan fingerprint density at radius 2 is 2.21 bits per heavy atom. The summed E-state index contributed by atoms with van der Waals surface area (Å²) in [4.78, 5) is 10.3. The second-order valence-electron chi connectivity index (χ2n) is 4.79. The van der Waals surface area contributed by atoms with Crippen molar-refractivity contribution in [3.8, 4) is 0 Å². The average molecular weight is 275 g/mol. The molecular weight excluding hydrogens is 260 g/mol. The number of nitrogens with two attached hydrogens (primary N) is 1. The van der Waals surface area contributed by atoms with Gasteiger partial charge in [0.1, 0.15) is 5.02 Å². The number of benzene rings is 1. The summed E-state index contributed by atoms with van der Waals surface area (Å²) in [7, 11) is 0. The van der Waals surface area contributed by atoms with Gasteiger partial charge in [0, 0.05) is 12.2 Å². The number of hydrogen-bond acceptors (Lipinski definition) is 4. The average Bonchev–Trinajstić information content (AvgIpc) is 2.40. The third-order valence-electron chi connectivity index (χ3n) is 3.35.